The van der Waals surface area contributed by atoms with Gasteiger partial charge in [0.25, 0.3) is 5.91 Å². The number of rotatable bonds is 5. The third-order valence-electron chi connectivity index (χ3n) is 2.92. The first-order valence-electron chi connectivity index (χ1n) is 6.35. The summed E-state index contributed by atoms with van der Waals surface area (Å²) in [6.07, 6.45) is 1.62. The van der Waals surface area contributed by atoms with Gasteiger partial charge in [-0.1, -0.05) is 17.7 Å². The summed E-state index contributed by atoms with van der Waals surface area (Å²) in [6, 6.07) is 9.30. The molecule has 0 atom stereocenters. The SMILES string of the molecule is CNS(=O)(=O)c1ccc(Cl)c(C(=O)NCc2ccccn2)c1. The largest absolute Gasteiger partial charge is 0.346 e. The van der Waals surface area contributed by atoms with Crippen LogP contribution >= 0.6 is 11.6 Å². The summed E-state index contributed by atoms with van der Waals surface area (Å²) in [6.45, 7) is 0.221. The van der Waals surface area contributed by atoms with E-state index in [1.165, 1.54) is 25.2 Å². The molecule has 1 aromatic carbocycles. The van der Waals surface area contributed by atoms with E-state index >= 15 is 0 Å². The monoisotopic (exact) mass is 339 g/mol. The number of nitrogens with one attached hydrogen (secondary N) is 2. The minimum atomic E-state index is -3.64. The van der Waals surface area contributed by atoms with Crippen LogP contribution in [0.25, 0.3) is 0 Å². The van der Waals surface area contributed by atoms with E-state index in [2.05, 4.69) is 15.0 Å². The number of pyridine rings is 1. The van der Waals surface area contributed by atoms with E-state index in [9.17, 15) is 13.2 Å². The number of amides is 1. The van der Waals surface area contributed by atoms with E-state index in [1.54, 1.807) is 18.3 Å². The van der Waals surface area contributed by atoms with Crippen molar-refractivity contribution in [3.05, 3.63) is 58.9 Å². The molecule has 0 saturated heterocycles. The number of benzene rings is 1. The van der Waals surface area contributed by atoms with Crippen LogP contribution in [-0.2, 0) is 16.6 Å². The van der Waals surface area contributed by atoms with Crippen molar-refractivity contribution in [3.8, 4) is 0 Å². The molecule has 8 heteroatoms. The van der Waals surface area contributed by atoms with Gasteiger partial charge in [0, 0.05) is 6.20 Å². The lowest BCUT2D eigenvalue weighted by molar-refractivity contribution is 0.0950. The molecule has 116 valence electrons. The van der Waals surface area contributed by atoms with Crippen molar-refractivity contribution in [2.24, 2.45) is 0 Å². The second-order valence-electron chi connectivity index (χ2n) is 4.35. The Hall–Kier alpha value is -1.96. The summed E-state index contributed by atoms with van der Waals surface area (Å²) >= 11 is 5.97. The zero-order chi connectivity index (χ0) is 16.2. The second-order valence-corrected chi connectivity index (χ2v) is 6.65. The first-order chi connectivity index (χ1) is 10.4. The normalized spacial score (nSPS) is 11.2. The van der Waals surface area contributed by atoms with E-state index in [1.807, 2.05) is 6.07 Å². The first-order valence-corrected chi connectivity index (χ1v) is 8.21. The van der Waals surface area contributed by atoms with Gasteiger partial charge in [-0.2, -0.15) is 0 Å². The Morgan fingerprint density at radius 3 is 2.68 bits per heavy atom. The summed E-state index contributed by atoms with van der Waals surface area (Å²) in [5.41, 5.74) is 0.778. The molecule has 0 saturated carbocycles. The zero-order valence-corrected chi connectivity index (χ0v) is 13.3. The maximum absolute atomic E-state index is 12.2. The molecular formula is C14H14ClN3O3S. The molecule has 0 aliphatic carbocycles. The van der Waals surface area contributed by atoms with Crippen LogP contribution in [0, 0.1) is 0 Å². The smallest absolute Gasteiger partial charge is 0.253 e. The summed E-state index contributed by atoms with van der Waals surface area (Å²) in [7, 11) is -2.34. The summed E-state index contributed by atoms with van der Waals surface area (Å²) in [5.74, 6) is -0.469. The van der Waals surface area contributed by atoms with Crippen LogP contribution in [0.5, 0.6) is 0 Å². The van der Waals surface area contributed by atoms with E-state index < -0.39 is 15.9 Å². The Bertz CT molecular complexity index is 779. The van der Waals surface area contributed by atoms with E-state index in [4.69, 9.17) is 11.6 Å². The van der Waals surface area contributed by atoms with Gasteiger partial charge in [0.1, 0.15) is 0 Å². The highest BCUT2D eigenvalue weighted by Crippen LogP contribution is 2.20. The van der Waals surface area contributed by atoms with E-state index in [0.29, 0.717) is 5.69 Å². The fraction of sp³-hybridized carbons (Fsp3) is 0.143. The molecule has 0 radical (unpaired) electrons. The number of aromatic nitrogens is 1. The topological polar surface area (TPSA) is 88.2 Å². The molecule has 6 nitrogen and oxygen atoms in total. The fourth-order valence-electron chi connectivity index (χ4n) is 1.73. The van der Waals surface area contributed by atoms with Crippen molar-refractivity contribution < 1.29 is 13.2 Å². The van der Waals surface area contributed by atoms with Crippen LogP contribution in [0.1, 0.15) is 16.1 Å². The van der Waals surface area contributed by atoms with Crippen LogP contribution in [0.15, 0.2) is 47.5 Å². The van der Waals surface area contributed by atoms with Crippen molar-refractivity contribution in [2.75, 3.05) is 7.05 Å². The quantitative estimate of drug-likeness (QED) is 0.865. The number of hydrogen-bond acceptors (Lipinski definition) is 4. The Labute approximate surface area is 133 Å². The average Bonchev–Trinajstić information content (AvgIpc) is 2.53. The van der Waals surface area contributed by atoms with Crippen molar-refractivity contribution in [3.63, 3.8) is 0 Å². The Morgan fingerprint density at radius 1 is 1.27 bits per heavy atom. The van der Waals surface area contributed by atoms with Crippen molar-refractivity contribution >= 4 is 27.5 Å². The number of carbonyl (C=O) groups excluding carboxylic acids is 1. The van der Waals surface area contributed by atoms with Crippen LogP contribution in [0.2, 0.25) is 5.02 Å². The first kappa shape index (κ1) is 16.4. The lowest BCUT2D eigenvalue weighted by atomic mass is 10.2. The molecule has 1 heterocycles. The minimum Gasteiger partial charge on any atom is -0.346 e. The molecule has 2 rings (SSSR count). The van der Waals surface area contributed by atoms with Crippen molar-refractivity contribution in [2.45, 2.75) is 11.4 Å². The molecule has 1 amide bonds. The van der Waals surface area contributed by atoms with Crippen LogP contribution in [0.3, 0.4) is 0 Å². The molecule has 0 spiro atoms. The van der Waals surface area contributed by atoms with Gasteiger partial charge >= 0.3 is 0 Å². The molecule has 0 bridgehead atoms. The Kier molecular flexibility index (Phi) is 5.12. The molecule has 0 fully saturated rings. The Morgan fingerprint density at radius 2 is 2.05 bits per heavy atom. The molecular weight excluding hydrogens is 326 g/mol. The van der Waals surface area contributed by atoms with Gasteiger partial charge in [-0.3, -0.25) is 9.78 Å². The average molecular weight is 340 g/mol. The highest BCUT2D eigenvalue weighted by Gasteiger charge is 2.17. The lowest BCUT2D eigenvalue weighted by Crippen LogP contribution is -2.24. The molecule has 2 aromatic rings. The number of nitrogens with zero attached hydrogens (tertiary/aromatic N) is 1. The Balaban J connectivity index is 2.20. The van der Waals surface area contributed by atoms with Gasteiger partial charge in [-0.25, -0.2) is 13.1 Å². The highest BCUT2D eigenvalue weighted by atomic mass is 35.5. The molecule has 2 N–H and O–H groups in total. The molecule has 0 unspecified atom stereocenters. The number of carbonyl (C=O) groups is 1. The van der Waals surface area contributed by atoms with E-state index in [-0.39, 0.29) is 22.0 Å². The second kappa shape index (κ2) is 6.87. The maximum atomic E-state index is 12.2. The summed E-state index contributed by atoms with van der Waals surface area (Å²) in [5, 5.41) is 2.83. The molecule has 0 aliphatic heterocycles. The third kappa shape index (κ3) is 3.82. The van der Waals surface area contributed by atoms with Crippen molar-refractivity contribution in [1.29, 1.82) is 0 Å². The van der Waals surface area contributed by atoms with Crippen LogP contribution < -0.4 is 10.0 Å². The maximum Gasteiger partial charge on any atom is 0.253 e. The standard InChI is InChI=1S/C14H14ClN3O3S/c1-16-22(20,21)11-5-6-13(15)12(8-11)14(19)18-9-10-4-2-3-7-17-10/h2-8,16H,9H2,1H3,(H,18,19). The predicted molar refractivity (Wildman–Crippen MR) is 83.1 cm³/mol. The number of sulfonamides is 1. The van der Waals surface area contributed by atoms with Gasteiger partial charge < -0.3 is 5.32 Å². The molecule has 0 aliphatic rings. The number of hydrogen-bond donors (Lipinski definition) is 2. The fourth-order valence-corrected chi connectivity index (χ4v) is 2.69. The van der Waals surface area contributed by atoms with Gasteiger partial charge in [0.2, 0.25) is 10.0 Å². The highest BCUT2D eigenvalue weighted by molar-refractivity contribution is 7.89. The summed E-state index contributed by atoms with van der Waals surface area (Å²) in [4.78, 5) is 16.2. The number of halogens is 1. The van der Waals surface area contributed by atoms with Crippen LogP contribution in [0.4, 0.5) is 0 Å². The van der Waals surface area contributed by atoms with Crippen LogP contribution in [-0.4, -0.2) is 26.4 Å². The van der Waals surface area contributed by atoms with Gasteiger partial charge in [0.05, 0.1) is 27.7 Å². The minimum absolute atomic E-state index is 0.0256. The van der Waals surface area contributed by atoms with Crippen molar-refractivity contribution in [1.82, 2.24) is 15.0 Å². The molecule has 22 heavy (non-hydrogen) atoms. The summed E-state index contributed by atoms with van der Waals surface area (Å²) < 4.78 is 25.7. The van der Waals surface area contributed by atoms with Gasteiger partial charge in [-0.05, 0) is 37.4 Å². The zero-order valence-electron chi connectivity index (χ0n) is 11.7. The van der Waals surface area contributed by atoms with Gasteiger partial charge in [-0.15, -0.1) is 0 Å². The van der Waals surface area contributed by atoms with E-state index in [0.717, 1.165) is 0 Å². The molecule has 1 aromatic heterocycles. The third-order valence-corrected chi connectivity index (χ3v) is 4.66. The lowest BCUT2D eigenvalue weighted by Gasteiger charge is -2.09. The predicted octanol–water partition coefficient (Wildman–Crippen LogP) is 1.57. The van der Waals surface area contributed by atoms with Gasteiger partial charge in [0.15, 0.2) is 0 Å².